The summed E-state index contributed by atoms with van der Waals surface area (Å²) in [5.74, 6) is 1.39. The van der Waals surface area contributed by atoms with Gasteiger partial charge in [-0.1, -0.05) is 6.42 Å². The van der Waals surface area contributed by atoms with Gasteiger partial charge in [-0.05, 0) is 31.4 Å². The number of carbonyl (C=O) groups is 1. The first kappa shape index (κ1) is 11.3. The average molecular weight is 229 g/mol. The van der Waals surface area contributed by atoms with E-state index in [0.717, 1.165) is 31.6 Å². The number of amides is 1. The third kappa shape index (κ3) is 2.48. The average Bonchev–Trinajstić information content (AvgIpc) is 2.77. The van der Waals surface area contributed by atoms with Crippen LogP contribution in [0.3, 0.4) is 0 Å². The topological polar surface area (TPSA) is 40.5 Å². The molecule has 3 nitrogen and oxygen atoms in total. The molecule has 2 atom stereocenters. The van der Waals surface area contributed by atoms with Crippen LogP contribution in [0.5, 0.6) is 0 Å². The third-order valence-corrected chi connectivity index (χ3v) is 4.69. The molecule has 0 aromatic heterocycles. The number of nitrogens with zero attached hydrogens (tertiary/aromatic N) is 1. The van der Waals surface area contributed by atoms with Crippen LogP contribution in [-0.4, -0.2) is 46.1 Å². The van der Waals surface area contributed by atoms with Crippen LogP contribution in [0.4, 0.5) is 0 Å². The molecule has 0 bridgehead atoms. The number of hydrogen-bond acceptors (Lipinski definition) is 3. The van der Waals surface area contributed by atoms with Crippen LogP contribution in [0.2, 0.25) is 0 Å². The van der Waals surface area contributed by atoms with Gasteiger partial charge in [-0.25, -0.2) is 0 Å². The van der Waals surface area contributed by atoms with Crippen molar-refractivity contribution in [3.8, 4) is 0 Å². The maximum atomic E-state index is 12.2. The minimum Gasteiger partial charge on any atom is -0.394 e. The molecule has 2 saturated heterocycles. The monoisotopic (exact) mass is 229 g/mol. The highest BCUT2D eigenvalue weighted by Gasteiger charge is 2.33. The van der Waals surface area contributed by atoms with Crippen LogP contribution in [0.25, 0.3) is 0 Å². The highest BCUT2D eigenvalue weighted by molar-refractivity contribution is 8.00. The van der Waals surface area contributed by atoms with E-state index in [9.17, 15) is 9.90 Å². The second kappa shape index (κ2) is 5.21. The molecule has 15 heavy (non-hydrogen) atoms. The first-order valence-electron chi connectivity index (χ1n) is 5.86. The van der Waals surface area contributed by atoms with Crippen LogP contribution in [0, 0.1) is 0 Å². The normalized spacial score (nSPS) is 31.9. The Bertz CT molecular complexity index is 229. The van der Waals surface area contributed by atoms with Gasteiger partial charge in [0.1, 0.15) is 0 Å². The molecule has 0 spiro atoms. The summed E-state index contributed by atoms with van der Waals surface area (Å²) in [6.07, 6.45) is 5.48. The van der Waals surface area contributed by atoms with Gasteiger partial charge in [-0.2, -0.15) is 0 Å². The van der Waals surface area contributed by atoms with E-state index in [-0.39, 0.29) is 23.8 Å². The van der Waals surface area contributed by atoms with Crippen molar-refractivity contribution in [2.24, 2.45) is 0 Å². The number of carbonyl (C=O) groups excluding carboxylic acids is 1. The molecule has 2 heterocycles. The van der Waals surface area contributed by atoms with Gasteiger partial charge < -0.3 is 10.0 Å². The minimum absolute atomic E-state index is 0.0972. The molecule has 2 rings (SSSR count). The van der Waals surface area contributed by atoms with Gasteiger partial charge >= 0.3 is 0 Å². The molecule has 86 valence electrons. The first-order chi connectivity index (χ1) is 7.33. The lowest BCUT2D eigenvalue weighted by Crippen LogP contribution is -2.43. The molecule has 2 aliphatic heterocycles. The Morgan fingerprint density at radius 3 is 2.87 bits per heavy atom. The van der Waals surface area contributed by atoms with E-state index in [1.165, 1.54) is 12.8 Å². The number of rotatable bonds is 2. The Morgan fingerprint density at radius 2 is 2.20 bits per heavy atom. The predicted octanol–water partition coefficient (Wildman–Crippen LogP) is 1.26. The molecule has 2 aliphatic rings. The highest BCUT2D eigenvalue weighted by Crippen LogP contribution is 2.29. The Kier molecular flexibility index (Phi) is 3.92. The van der Waals surface area contributed by atoms with Crippen molar-refractivity contribution in [2.75, 3.05) is 18.9 Å². The molecule has 0 aromatic rings. The van der Waals surface area contributed by atoms with Gasteiger partial charge in [0.25, 0.3) is 0 Å². The molecule has 1 amide bonds. The van der Waals surface area contributed by atoms with Crippen molar-refractivity contribution < 1.29 is 9.90 Å². The summed E-state index contributed by atoms with van der Waals surface area (Å²) >= 11 is 1.80. The zero-order chi connectivity index (χ0) is 10.7. The smallest absolute Gasteiger partial charge is 0.236 e. The molecule has 0 radical (unpaired) electrons. The van der Waals surface area contributed by atoms with Crippen LogP contribution in [0.1, 0.15) is 32.1 Å². The number of aliphatic hydroxyl groups is 1. The van der Waals surface area contributed by atoms with Gasteiger partial charge in [0.05, 0.1) is 17.9 Å². The lowest BCUT2D eigenvalue weighted by Gasteiger charge is -2.29. The van der Waals surface area contributed by atoms with Gasteiger partial charge in [0.2, 0.25) is 5.91 Å². The van der Waals surface area contributed by atoms with E-state index in [1.807, 2.05) is 4.90 Å². The summed E-state index contributed by atoms with van der Waals surface area (Å²) in [5, 5.41) is 9.36. The number of aliphatic hydroxyl groups excluding tert-OH is 1. The number of hydrogen-bond donors (Lipinski definition) is 1. The molecule has 0 aromatic carbocycles. The molecule has 1 N–H and O–H groups in total. The third-order valence-electron chi connectivity index (χ3n) is 3.33. The summed E-state index contributed by atoms with van der Waals surface area (Å²) in [6, 6.07) is 0.0972. The maximum Gasteiger partial charge on any atom is 0.236 e. The van der Waals surface area contributed by atoms with Gasteiger partial charge in [-0.15, -0.1) is 11.8 Å². The molecular formula is C11H19NO2S. The molecule has 4 heteroatoms. The maximum absolute atomic E-state index is 12.2. The van der Waals surface area contributed by atoms with Crippen molar-refractivity contribution >= 4 is 17.7 Å². The first-order valence-corrected chi connectivity index (χ1v) is 6.90. The summed E-state index contributed by atoms with van der Waals surface area (Å²) < 4.78 is 0. The number of likely N-dealkylation sites (tertiary alicyclic amines) is 1. The van der Waals surface area contributed by atoms with Crippen LogP contribution >= 0.6 is 11.8 Å². The second-order valence-electron chi connectivity index (χ2n) is 4.37. The molecule has 1 unspecified atom stereocenters. The second-order valence-corrected chi connectivity index (χ2v) is 5.68. The van der Waals surface area contributed by atoms with Crippen molar-refractivity contribution in [3.63, 3.8) is 0 Å². The predicted molar refractivity (Wildman–Crippen MR) is 61.9 cm³/mol. The van der Waals surface area contributed by atoms with E-state index in [4.69, 9.17) is 0 Å². The van der Waals surface area contributed by atoms with E-state index in [1.54, 1.807) is 11.8 Å². The fourth-order valence-corrected chi connectivity index (χ4v) is 3.70. The van der Waals surface area contributed by atoms with Crippen molar-refractivity contribution in [1.82, 2.24) is 4.90 Å². The Hall–Kier alpha value is -0.220. The Labute approximate surface area is 95.2 Å². The van der Waals surface area contributed by atoms with E-state index in [2.05, 4.69) is 0 Å². The Balaban J connectivity index is 1.93. The van der Waals surface area contributed by atoms with E-state index < -0.39 is 0 Å². The van der Waals surface area contributed by atoms with Gasteiger partial charge in [0, 0.05) is 6.54 Å². The SMILES string of the molecule is O=C(C1CCCCS1)N1CCC[C@@H]1CO. The van der Waals surface area contributed by atoms with Crippen LogP contribution in [0.15, 0.2) is 0 Å². The van der Waals surface area contributed by atoms with Crippen LogP contribution < -0.4 is 0 Å². The van der Waals surface area contributed by atoms with Crippen molar-refractivity contribution in [2.45, 2.75) is 43.4 Å². The van der Waals surface area contributed by atoms with E-state index in [0.29, 0.717) is 0 Å². The quantitative estimate of drug-likeness (QED) is 0.775. The zero-order valence-corrected chi connectivity index (χ0v) is 9.84. The fraction of sp³-hybridized carbons (Fsp3) is 0.909. The summed E-state index contributed by atoms with van der Waals surface area (Å²) in [5.41, 5.74) is 0. The van der Waals surface area contributed by atoms with Crippen molar-refractivity contribution in [1.29, 1.82) is 0 Å². The summed E-state index contributed by atoms with van der Waals surface area (Å²) in [6.45, 7) is 0.976. The molecular weight excluding hydrogens is 210 g/mol. The van der Waals surface area contributed by atoms with Crippen LogP contribution in [-0.2, 0) is 4.79 Å². The Morgan fingerprint density at radius 1 is 1.33 bits per heavy atom. The molecule has 2 fully saturated rings. The summed E-state index contributed by atoms with van der Waals surface area (Å²) in [4.78, 5) is 14.1. The zero-order valence-electron chi connectivity index (χ0n) is 9.02. The fourth-order valence-electron chi connectivity index (χ4n) is 2.44. The molecule has 0 aliphatic carbocycles. The highest BCUT2D eigenvalue weighted by atomic mass is 32.2. The van der Waals surface area contributed by atoms with Crippen molar-refractivity contribution in [3.05, 3.63) is 0 Å². The lowest BCUT2D eigenvalue weighted by molar-refractivity contribution is -0.132. The van der Waals surface area contributed by atoms with Gasteiger partial charge in [-0.3, -0.25) is 4.79 Å². The molecule has 0 saturated carbocycles. The van der Waals surface area contributed by atoms with Gasteiger partial charge in [0.15, 0.2) is 0 Å². The van der Waals surface area contributed by atoms with E-state index >= 15 is 0 Å². The standard InChI is InChI=1S/C11H19NO2S/c13-8-9-4-3-6-12(9)11(14)10-5-1-2-7-15-10/h9-10,13H,1-8H2/t9-,10?/m1/s1. The lowest BCUT2D eigenvalue weighted by atomic mass is 10.1. The number of thioether (sulfide) groups is 1. The summed E-state index contributed by atoms with van der Waals surface area (Å²) in [7, 11) is 0. The largest absolute Gasteiger partial charge is 0.394 e. The minimum atomic E-state index is 0.0972.